The van der Waals surface area contributed by atoms with Gasteiger partial charge in [0.2, 0.25) is 0 Å². The minimum atomic E-state index is -0.208. The van der Waals surface area contributed by atoms with E-state index in [0.717, 1.165) is 49.3 Å². The van der Waals surface area contributed by atoms with Crippen LogP contribution in [0.25, 0.3) is 0 Å². The molecule has 0 amide bonds. The molecule has 100 valence electrons. The molecule has 0 aromatic carbocycles. The summed E-state index contributed by atoms with van der Waals surface area (Å²) in [4.78, 5) is 4.75. The number of rotatable bonds is 5. The molecule has 2 aliphatic rings. The average molecular weight is 268 g/mol. The van der Waals surface area contributed by atoms with Gasteiger partial charge in [0.25, 0.3) is 0 Å². The number of aromatic nitrogens is 1. The molecule has 2 heterocycles. The first kappa shape index (κ1) is 12.5. The highest BCUT2D eigenvalue weighted by Crippen LogP contribution is 2.37. The van der Waals surface area contributed by atoms with Crippen molar-refractivity contribution >= 4 is 11.3 Å². The molecule has 0 atom stereocenters. The summed E-state index contributed by atoms with van der Waals surface area (Å²) < 4.78 is 11.2. The zero-order chi connectivity index (χ0) is 12.4. The van der Waals surface area contributed by atoms with E-state index >= 15 is 0 Å². The maximum atomic E-state index is 5.76. The van der Waals surface area contributed by atoms with E-state index in [1.165, 1.54) is 12.8 Å². The fourth-order valence-corrected chi connectivity index (χ4v) is 3.40. The standard InChI is InChI=1S/C13H20N2O2S/c1-16-13(4-6-17-7-5-13)12-15-11(9-18-12)8-14-10-2-3-10/h9-10,14H,2-8H2,1H3. The topological polar surface area (TPSA) is 43.4 Å². The molecular formula is C13H20N2O2S. The zero-order valence-corrected chi connectivity index (χ0v) is 11.6. The van der Waals surface area contributed by atoms with Crippen molar-refractivity contribution in [1.29, 1.82) is 0 Å². The maximum absolute atomic E-state index is 5.76. The van der Waals surface area contributed by atoms with Gasteiger partial charge in [-0.05, 0) is 12.8 Å². The molecule has 2 fully saturated rings. The molecule has 0 spiro atoms. The van der Waals surface area contributed by atoms with E-state index in [-0.39, 0.29) is 5.60 Å². The fourth-order valence-electron chi connectivity index (χ4n) is 2.34. The summed E-state index contributed by atoms with van der Waals surface area (Å²) in [6.07, 6.45) is 4.45. The van der Waals surface area contributed by atoms with Crippen LogP contribution in [0.2, 0.25) is 0 Å². The van der Waals surface area contributed by atoms with Crippen molar-refractivity contribution < 1.29 is 9.47 Å². The Bertz CT molecular complexity index is 397. The average Bonchev–Trinajstić information content (AvgIpc) is 3.14. The van der Waals surface area contributed by atoms with E-state index in [0.29, 0.717) is 0 Å². The molecule has 1 saturated carbocycles. The van der Waals surface area contributed by atoms with Crippen molar-refractivity contribution in [3.05, 3.63) is 16.1 Å². The monoisotopic (exact) mass is 268 g/mol. The number of nitrogens with one attached hydrogen (secondary N) is 1. The Morgan fingerprint density at radius 3 is 2.94 bits per heavy atom. The second kappa shape index (κ2) is 5.25. The van der Waals surface area contributed by atoms with Crippen LogP contribution < -0.4 is 5.32 Å². The van der Waals surface area contributed by atoms with Gasteiger partial charge in [0.15, 0.2) is 0 Å². The first-order valence-electron chi connectivity index (χ1n) is 6.63. The number of hydrogen-bond donors (Lipinski definition) is 1. The third-order valence-corrected chi connectivity index (χ3v) is 4.86. The van der Waals surface area contributed by atoms with Crippen molar-refractivity contribution in [3.8, 4) is 0 Å². The summed E-state index contributed by atoms with van der Waals surface area (Å²) in [5.74, 6) is 0. The van der Waals surface area contributed by atoms with Gasteiger partial charge in [0.1, 0.15) is 10.6 Å². The quantitative estimate of drug-likeness (QED) is 0.887. The van der Waals surface area contributed by atoms with Crippen LogP contribution in [0.1, 0.15) is 36.4 Å². The molecule has 0 unspecified atom stereocenters. The summed E-state index contributed by atoms with van der Waals surface area (Å²) in [5, 5.41) is 6.76. The Morgan fingerprint density at radius 1 is 1.50 bits per heavy atom. The molecule has 0 bridgehead atoms. The van der Waals surface area contributed by atoms with E-state index in [9.17, 15) is 0 Å². The minimum Gasteiger partial charge on any atom is -0.381 e. The van der Waals surface area contributed by atoms with Crippen LogP contribution in [-0.2, 0) is 21.6 Å². The number of methoxy groups -OCH3 is 1. The Morgan fingerprint density at radius 2 is 2.28 bits per heavy atom. The zero-order valence-electron chi connectivity index (χ0n) is 10.8. The maximum Gasteiger partial charge on any atom is 0.125 e. The first-order chi connectivity index (χ1) is 8.82. The third kappa shape index (κ3) is 2.59. The molecule has 1 aromatic rings. The van der Waals surface area contributed by atoms with Crippen molar-refractivity contribution in [2.75, 3.05) is 20.3 Å². The Labute approximate surface area is 112 Å². The lowest BCUT2D eigenvalue weighted by atomic mass is 9.95. The molecule has 3 rings (SSSR count). The number of ether oxygens (including phenoxy) is 2. The Hall–Kier alpha value is -0.490. The van der Waals surface area contributed by atoms with Gasteiger partial charge in [-0.2, -0.15) is 0 Å². The molecule has 0 radical (unpaired) electrons. The Kier molecular flexibility index (Phi) is 3.66. The van der Waals surface area contributed by atoms with Gasteiger partial charge in [-0.25, -0.2) is 4.98 Å². The summed E-state index contributed by atoms with van der Waals surface area (Å²) >= 11 is 1.72. The third-order valence-electron chi connectivity index (χ3n) is 3.78. The van der Waals surface area contributed by atoms with E-state index in [2.05, 4.69) is 10.7 Å². The summed E-state index contributed by atoms with van der Waals surface area (Å²) in [6.45, 7) is 2.42. The van der Waals surface area contributed by atoms with Crippen LogP contribution >= 0.6 is 11.3 Å². The highest BCUT2D eigenvalue weighted by atomic mass is 32.1. The van der Waals surface area contributed by atoms with E-state index in [1.54, 1.807) is 18.4 Å². The molecular weight excluding hydrogens is 248 g/mol. The predicted molar refractivity (Wildman–Crippen MR) is 70.7 cm³/mol. The number of thiazole rings is 1. The van der Waals surface area contributed by atoms with Crippen molar-refractivity contribution in [1.82, 2.24) is 10.3 Å². The molecule has 5 heteroatoms. The first-order valence-corrected chi connectivity index (χ1v) is 7.51. The van der Waals surface area contributed by atoms with Gasteiger partial charge < -0.3 is 14.8 Å². The van der Waals surface area contributed by atoms with E-state index < -0.39 is 0 Å². The summed E-state index contributed by atoms with van der Waals surface area (Å²) in [7, 11) is 1.79. The molecule has 1 N–H and O–H groups in total. The van der Waals surface area contributed by atoms with Crippen molar-refractivity contribution in [2.45, 2.75) is 43.9 Å². The Balaban J connectivity index is 1.69. The lowest BCUT2D eigenvalue weighted by Gasteiger charge is -2.33. The molecule has 1 aliphatic heterocycles. The van der Waals surface area contributed by atoms with Crippen molar-refractivity contribution in [3.63, 3.8) is 0 Å². The lowest BCUT2D eigenvalue weighted by Crippen LogP contribution is -2.35. The molecule has 1 aliphatic carbocycles. The summed E-state index contributed by atoms with van der Waals surface area (Å²) in [5.41, 5.74) is 0.936. The van der Waals surface area contributed by atoms with Gasteiger partial charge in [-0.1, -0.05) is 0 Å². The molecule has 1 saturated heterocycles. The normalized spacial score (nSPS) is 23.2. The second-order valence-corrected chi connectivity index (χ2v) is 5.97. The highest BCUT2D eigenvalue weighted by Gasteiger charge is 2.37. The highest BCUT2D eigenvalue weighted by molar-refractivity contribution is 7.09. The summed E-state index contributed by atoms with van der Waals surface area (Å²) in [6, 6.07) is 0.731. The van der Waals surface area contributed by atoms with Crippen molar-refractivity contribution in [2.24, 2.45) is 0 Å². The van der Waals surface area contributed by atoms with Gasteiger partial charge >= 0.3 is 0 Å². The van der Waals surface area contributed by atoms with Gasteiger partial charge in [0, 0.05) is 51.1 Å². The van der Waals surface area contributed by atoms with Crippen LogP contribution in [0, 0.1) is 0 Å². The van der Waals surface area contributed by atoms with Gasteiger partial charge in [-0.15, -0.1) is 11.3 Å². The molecule has 1 aromatic heterocycles. The van der Waals surface area contributed by atoms with Crippen LogP contribution in [0.3, 0.4) is 0 Å². The number of nitrogens with zero attached hydrogens (tertiary/aromatic N) is 1. The van der Waals surface area contributed by atoms with Crippen LogP contribution in [0.4, 0.5) is 0 Å². The van der Waals surface area contributed by atoms with Crippen LogP contribution in [0.15, 0.2) is 5.38 Å². The predicted octanol–water partition coefficient (Wildman–Crippen LogP) is 2.05. The molecule has 4 nitrogen and oxygen atoms in total. The van der Waals surface area contributed by atoms with Crippen LogP contribution in [-0.4, -0.2) is 31.3 Å². The minimum absolute atomic E-state index is 0.208. The lowest BCUT2D eigenvalue weighted by molar-refractivity contribution is -0.0949. The fraction of sp³-hybridized carbons (Fsp3) is 0.769. The van der Waals surface area contributed by atoms with E-state index in [4.69, 9.17) is 14.5 Å². The van der Waals surface area contributed by atoms with Crippen LogP contribution in [0.5, 0.6) is 0 Å². The number of hydrogen-bond acceptors (Lipinski definition) is 5. The largest absolute Gasteiger partial charge is 0.381 e. The van der Waals surface area contributed by atoms with Gasteiger partial charge in [-0.3, -0.25) is 0 Å². The van der Waals surface area contributed by atoms with Gasteiger partial charge in [0.05, 0.1) is 5.69 Å². The SMILES string of the molecule is COC1(c2nc(CNC3CC3)cs2)CCOCC1. The molecule has 18 heavy (non-hydrogen) atoms. The van der Waals surface area contributed by atoms with E-state index in [1.807, 2.05) is 0 Å². The smallest absolute Gasteiger partial charge is 0.125 e. The second-order valence-electron chi connectivity index (χ2n) is 5.11.